The van der Waals surface area contributed by atoms with Crippen LogP contribution in [0.3, 0.4) is 0 Å². The molecule has 84 valence electrons. The van der Waals surface area contributed by atoms with Crippen LogP contribution in [0, 0.1) is 0 Å². The molecule has 1 aromatic carbocycles. The molecule has 16 heavy (non-hydrogen) atoms. The number of ketones is 1. The van der Waals surface area contributed by atoms with Crippen molar-refractivity contribution in [1.29, 1.82) is 0 Å². The fourth-order valence-electron chi connectivity index (χ4n) is 1.66. The molecular formula is C12H13ClN2O. The molecule has 1 aromatic heterocycles. The Morgan fingerprint density at radius 3 is 3.00 bits per heavy atom. The first-order chi connectivity index (χ1) is 7.63. The van der Waals surface area contributed by atoms with Crippen LogP contribution in [0.5, 0.6) is 0 Å². The van der Waals surface area contributed by atoms with Gasteiger partial charge in [0.2, 0.25) is 0 Å². The molecule has 0 aliphatic heterocycles. The molecule has 4 heteroatoms. The van der Waals surface area contributed by atoms with E-state index in [0.717, 1.165) is 11.0 Å². The number of benzene rings is 1. The number of alkyl halides is 1. The van der Waals surface area contributed by atoms with E-state index in [1.807, 2.05) is 24.6 Å². The maximum absolute atomic E-state index is 11.9. The maximum Gasteiger partial charge on any atom is 0.180 e. The second-order valence-corrected chi connectivity index (χ2v) is 4.33. The van der Waals surface area contributed by atoms with Gasteiger partial charge in [-0.05, 0) is 24.6 Å². The van der Waals surface area contributed by atoms with E-state index in [1.54, 1.807) is 18.5 Å². The molecule has 1 atom stereocenters. The van der Waals surface area contributed by atoms with Crippen LogP contribution in [0.1, 0.15) is 23.7 Å². The summed E-state index contributed by atoms with van der Waals surface area (Å²) in [6, 6.07) is 5.49. The Kier molecular flexibility index (Phi) is 2.97. The molecule has 0 spiro atoms. The van der Waals surface area contributed by atoms with Crippen molar-refractivity contribution in [3.8, 4) is 0 Å². The molecule has 0 bridgehead atoms. The third-order valence-corrected chi connectivity index (χ3v) is 3.16. The number of aromatic nitrogens is 2. The van der Waals surface area contributed by atoms with Crippen LogP contribution in [0.15, 0.2) is 24.5 Å². The molecule has 3 nitrogen and oxygen atoms in total. The summed E-state index contributed by atoms with van der Waals surface area (Å²) in [4.78, 5) is 16.1. The van der Waals surface area contributed by atoms with Crippen LogP contribution in [0.4, 0.5) is 0 Å². The van der Waals surface area contributed by atoms with Crippen molar-refractivity contribution in [3.63, 3.8) is 0 Å². The maximum atomic E-state index is 11.9. The molecule has 0 aliphatic carbocycles. The van der Waals surface area contributed by atoms with Gasteiger partial charge in [-0.2, -0.15) is 0 Å². The summed E-state index contributed by atoms with van der Waals surface area (Å²) in [5, 5.41) is -0.443. The van der Waals surface area contributed by atoms with Crippen molar-refractivity contribution in [2.45, 2.75) is 18.7 Å². The van der Waals surface area contributed by atoms with E-state index in [0.29, 0.717) is 12.0 Å². The van der Waals surface area contributed by atoms with E-state index < -0.39 is 5.38 Å². The molecule has 0 N–H and O–H groups in total. The topological polar surface area (TPSA) is 34.9 Å². The standard InChI is InChI=1S/C12H13ClN2O/c1-3-9(13)12(16)8-4-5-11-10(6-8)14-7-15(11)2/h4-7,9H,3H2,1-2H3. The molecule has 0 fully saturated rings. The lowest BCUT2D eigenvalue weighted by Gasteiger charge is -2.05. The van der Waals surface area contributed by atoms with Crippen LogP contribution in [-0.4, -0.2) is 20.7 Å². The first kappa shape index (κ1) is 11.1. The van der Waals surface area contributed by atoms with Crippen LogP contribution >= 0.6 is 11.6 Å². The van der Waals surface area contributed by atoms with Gasteiger partial charge in [0.05, 0.1) is 22.7 Å². The summed E-state index contributed by atoms with van der Waals surface area (Å²) in [6.07, 6.45) is 2.37. The number of aryl methyl sites for hydroxylation is 1. The minimum absolute atomic E-state index is 0.0308. The summed E-state index contributed by atoms with van der Waals surface area (Å²) in [5.74, 6) is -0.0308. The van der Waals surface area contributed by atoms with Gasteiger partial charge in [0.15, 0.2) is 5.78 Å². The number of imidazole rings is 1. The number of rotatable bonds is 3. The number of Topliss-reactive ketones (excluding diaryl/α,β-unsaturated/α-hetero) is 1. The zero-order chi connectivity index (χ0) is 11.7. The van der Waals surface area contributed by atoms with E-state index >= 15 is 0 Å². The van der Waals surface area contributed by atoms with E-state index in [4.69, 9.17) is 11.6 Å². The average molecular weight is 237 g/mol. The molecule has 2 rings (SSSR count). The number of hydrogen-bond donors (Lipinski definition) is 0. The minimum Gasteiger partial charge on any atom is -0.334 e. The van der Waals surface area contributed by atoms with Gasteiger partial charge in [-0.15, -0.1) is 11.6 Å². The predicted molar refractivity (Wildman–Crippen MR) is 65.0 cm³/mol. The number of halogens is 1. The first-order valence-electron chi connectivity index (χ1n) is 5.23. The van der Waals surface area contributed by atoms with Crippen LogP contribution in [0.2, 0.25) is 0 Å². The molecule has 1 unspecified atom stereocenters. The Hall–Kier alpha value is -1.35. The summed E-state index contributed by atoms with van der Waals surface area (Å²) in [6.45, 7) is 1.90. The van der Waals surface area contributed by atoms with Crippen molar-refractivity contribution in [2.75, 3.05) is 0 Å². The van der Waals surface area contributed by atoms with Crippen molar-refractivity contribution in [1.82, 2.24) is 9.55 Å². The monoisotopic (exact) mass is 236 g/mol. The summed E-state index contributed by atoms with van der Waals surface area (Å²) in [7, 11) is 1.92. The van der Waals surface area contributed by atoms with Gasteiger partial charge in [-0.1, -0.05) is 6.92 Å². The second-order valence-electron chi connectivity index (χ2n) is 3.80. The Balaban J connectivity index is 2.43. The van der Waals surface area contributed by atoms with Gasteiger partial charge in [0.1, 0.15) is 0 Å². The van der Waals surface area contributed by atoms with Crippen molar-refractivity contribution >= 4 is 28.4 Å². The molecule has 1 heterocycles. The number of fused-ring (bicyclic) bond motifs is 1. The highest BCUT2D eigenvalue weighted by Crippen LogP contribution is 2.17. The molecule has 0 radical (unpaired) electrons. The normalized spacial score (nSPS) is 12.9. The lowest BCUT2D eigenvalue weighted by atomic mass is 10.1. The minimum atomic E-state index is -0.443. The van der Waals surface area contributed by atoms with E-state index in [2.05, 4.69) is 4.98 Å². The molecule has 0 saturated carbocycles. The first-order valence-corrected chi connectivity index (χ1v) is 5.66. The Bertz CT molecular complexity index is 533. The molecule has 0 aliphatic rings. The molecule has 0 amide bonds. The fraction of sp³-hybridized carbons (Fsp3) is 0.333. The third kappa shape index (κ3) is 1.83. The van der Waals surface area contributed by atoms with Crippen LogP contribution in [0.25, 0.3) is 11.0 Å². The molecule has 2 aromatic rings. The average Bonchev–Trinajstić information content (AvgIpc) is 2.68. The van der Waals surface area contributed by atoms with Crippen molar-refractivity contribution in [2.24, 2.45) is 7.05 Å². The highest BCUT2D eigenvalue weighted by atomic mass is 35.5. The highest BCUT2D eigenvalue weighted by molar-refractivity contribution is 6.34. The van der Waals surface area contributed by atoms with Crippen LogP contribution < -0.4 is 0 Å². The zero-order valence-corrected chi connectivity index (χ0v) is 10.0. The number of carbonyl (C=O) groups excluding carboxylic acids is 1. The van der Waals surface area contributed by atoms with E-state index in [1.165, 1.54) is 0 Å². The SMILES string of the molecule is CCC(Cl)C(=O)c1ccc2c(c1)ncn2C. The quantitative estimate of drug-likeness (QED) is 0.607. The van der Waals surface area contributed by atoms with Crippen molar-refractivity contribution in [3.05, 3.63) is 30.1 Å². The van der Waals surface area contributed by atoms with Gasteiger partial charge < -0.3 is 4.57 Å². The van der Waals surface area contributed by atoms with E-state index in [9.17, 15) is 4.79 Å². The van der Waals surface area contributed by atoms with Crippen molar-refractivity contribution < 1.29 is 4.79 Å². The lowest BCUT2D eigenvalue weighted by molar-refractivity contribution is 0.0986. The second kappa shape index (κ2) is 4.26. The van der Waals surface area contributed by atoms with Gasteiger partial charge in [-0.3, -0.25) is 4.79 Å². The largest absolute Gasteiger partial charge is 0.334 e. The summed E-state index contributed by atoms with van der Waals surface area (Å²) in [5.41, 5.74) is 2.47. The van der Waals surface area contributed by atoms with Gasteiger partial charge >= 0.3 is 0 Å². The van der Waals surface area contributed by atoms with E-state index in [-0.39, 0.29) is 5.78 Å². The Labute approximate surface area is 99.0 Å². The summed E-state index contributed by atoms with van der Waals surface area (Å²) >= 11 is 5.93. The fourth-order valence-corrected chi connectivity index (χ4v) is 1.78. The summed E-state index contributed by atoms with van der Waals surface area (Å²) < 4.78 is 1.92. The highest BCUT2D eigenvalue weighted by Gasteiger charge is 2.16. The van der Waals surface area contributed by atoms with Gasteiger partial charge in [0.25, 0.3) is 0 Å². The molecule has 0 saturated heterocycles. The number of hydrogen-bond acceptors (Lipinski definition) is 2. The van der Waals surface area contributed by atoms with Gasteiger partial charge in [0, 0.05) is 12.6 Å². The Morgan fingerprint density at radius 1 is 1.56 bits per heavy atom. The number of nitrogens with zero attached hydrogens (tertiary/aromatic N) is 2. The number of carbonyl (C=O) groups is 1. The van der Waals surface area contributed by atoms with Gasteiger partial charge in [-0.25, -0.2) is 4.98 Å². The zero-order valence-electron chi connectivity index (χ0n) is 9.27. The smallest absolute Gasteiger partial charge is 0.180 e. The Morgan fingerprint density at radius 2 is 2.31 bits per heavy atom. The lowest BCUT2D eigenvalue weighted by Crippen LogP contribution is -2.13. The molecular weight excluding hydrogens is 224 g/mol. The predicted octanol–water partition coefficient (Wildman–Crippen LogP) is 2.77. The van der Waals surface area contributed by atoms with Crippen LogP contribution in [-0.2, 0) is 7.05 Å². The third-order valence-electron chi connectivity index (χ3n) is 2.65.